The van der Waals surface area contributed by atoms with E-state index >= 15 is 0 Å². The fourth-order valence-electron chi connectivity index (χ4n) is 1.81. The summed E-state index contributed by atoms with van der Waals surface area (Å²) < 4.78 is 6.51. The average molecular weight is 291 g/mol. The van der Waals surface area contributed by atoms with Gasteiger partial charge in [-0.2, -0.15) is 0 Å². The zero-order valence-corrected chi connectivity index (χ0v) is 11.7. The summed E-state index contributed by atoms with van der Waals surface area (Å²) in [5, 5.41) is 10.6. The summed E-state index contributed by atoms with van der Waals surface area (Å²) in [5.74, 6) is -0.583. The Morgan fingerprint density at radius 3 is 3.00 bits per heavy atom. The van der Waals surface area contributed by atoms with Crippen molar-refractivity contribution in [2.75, 3.05) is 13.2 Å². The molecule has 0 saturated heterocycles. The minimum Gasteiger partial charge on any atom is -0.464 e. The maximum Gasteiger partial charge on any atom is 0.332 e. The van der Waals surface area contributed by atoms with Crippen LogP contribution in [0.1, 0.15) is 12.7 Å². The van der Waals surface area contributed by atoms with Gasteiger partial charge in [0.1, 0.15) is 5.82 Å². The second kappa shape index (κ2) is 6.80. The van der Waals surface area contributed by atoms with Crippen LogP contribution < -0.4 is 11.1 Å². The highest BCUT2D eigenvalue weighted by Gasteiger charge is 2.22. The highest BCUT2D eigenvalue weighted by atomic mass is 16.5. The Balaban J connectivity index is 1.87. The number of esters is 1. The molecule has 2 aromatic heterocycles. The van der Waals surface area contributed by atoms with Crippen molar-refractivity contribution < 1.29 is 14.3 Å². The molecule has 21 heavy (non-hydrogen) atoms. The van der Waals surface area contributed by atoms with Crippen LogP contribution in [0, 0.1) is 0 Å². The minimum absolute atomic E-state index is 0.186. The number of fused-ring (bicyclic) bond motifs is 1. The maximum atomic E-state index is 11.7. The Bertz CT molecular complexity index is 640. The second-order valence-corrected chi connectivity index (χ2v) is 4.32. The van der Waals surface area contributed by atoms with Crippen LogP contribution in [0.3, 0.4) is 0 Å². The molecule has 0 radical (unpaired) electrons. The normalized spacial score (nSPS) is 12.1. The van der Waals surface area contributed by atoms with Crippen molar-refractivity contribution in [3.05, 3.63) is 30.2 Å². The van der Waals surface area contributed by atoms with Gasteiger partial charge in [-0.3, -0.25) is 9.20 Å². The number of nitrogens with one attached hydrogen (secondary N) is 1. The van der Waals surface area contributed by atoms with Crippen LogP contribution in [-0.4, -0.2) is 45.7 Å². The van der Waals surface area contributed by atoms with E-state index in [1.54, 1.807) is 6.92 Å². The topological polar surface area (TPSA) is 112 Å². The molecule has 0 fully saturated rings. The number of ether oxygens (including phenoxy) is 1. The Labute approximate surface area is 121 Å². The lowest BCUT2D eigenvalue weighted by atomic mass is 10.3. The molecule has 8 nitrogen and oxygen atoms in total. The number of aromatic nitrogens is 3. The number of hydrogen-bond donors (Lipinski definition) is 2. The van der Waals surface area contributed by atoms with Gasteiger partial charge in [-0.25, -0.2) is 4.79 Å². The van der Waals surface area contributed by atoms with Crippen LogP contribution in [0.15, 0.2) is 24.4 Å². The molecular weight excluding hydrogens is 274 g/mol. The molecule has 1 atom stereocenters. The molecule has 8 heteroatoms. The van der Waals surface area contributed by atoms with Gasteiger partial charge in [-0.1, -0.05) is 6.07 Å². The van der Waals surface area contributed by atoms with Gasteiger partial charge in [0.25, 0.3) is 0 Å². The molecule has 0 aliphatic rings. The lowest BCUT2D eigenvalue weighted by molar-refractivity contribution is -0.147. The number of rotatable bonds is 6. The summed E-state index contributed by atoms with van der Waals surface area (Å²) in [5.41, 5.74) is 6.22. The van der Waals surface area contributed by atoms with E-state index in [4.69, 9.17) is 5.73 Å². The van der Waals surface area contributed by atoms with Gasteiger partial charge in [-0.05, 0) is 19.1 Å². The summed E-state index contributed by atoms with van der Waals surface area (Å²) in [6, 6.07) is 4.27. The molecule has 112 valence electrons. The van der Waals surface area contributed by atoms with Gasteiger partial charge >= 0.3 is 5.97 Å². The molecule has 2 heterocycles. The number of carbonyl (C=O) groups is 2. The summed E-state index contributed by atoms with van der Waals surface area (Å²) in [6.45, 7) is 2.14. The van der Waals surface area contributed by atoms with Gasteiger partial charge in [0, 0.05) is 19.2 Å². The first-order chi connectivity index (χ1) is 10.1. The number of hydrogen-bond acceptors (Lipinski definition) is 6. The molecular formula is C13H17N5O3. The first-order valence-electron chi connectivity index (χ1n) is 6.62. The van der Waals surface area contributed by atoms with Crippen LogP contribution in [0.5, 0.6) is 0 Å². The molecule has 2 rings (SSSR count). The van der Waals surface area contributed by atoms with Crippen molar-refractivity contribution in [2.24, 2.45) is 5.73 Å². The number of nitrogens with zero attached hydrogens (tertiary/aromatic N) is 3. The maximum absolute atomic E-state index is 11.7. The van der Waals surface area contributed by atoms with E-state index in [1.807, 2.05) is 28.8 Å². The largest absolute Gasteiger partial charge is 0.464 e. The minimum atomic E-state index is -1.31. The molecule has 3 N–H and O–H groups in total. The van der Waals surface area contributed by atoms with E-state index < -0.39 is 17.9 Å². The summed E-state index contributed by atoms with van der Waals surface area (Å²) >= 11 is 0. The SMILES string of the molecule is CCOC(=O)C(N)C(=O)NCCc1nnc2ccccn12. The first kappa shape index (κ1) is 14.9. The van der Waals surface area contributed by atoms with Crippen molar-refractivity contribution in [1.82, 2.24) is 19.9 Å². The van der Waals surface area contributed by atoms with E-state index in [2.05, 4.69) is 20.3 Å². The third-order valence-electron chi connectivity index (χ3n) is 2.86. The third kappa shape index (κ3) is 3.54. The van der Waals surface area contributed by atoms with E-state index in [0.29, 0.717) is 13.0 Å². The predicted octanol–water partition coefficient (Wildman–Crippen LogP) is -0.722. The van der Waals surface area contributed by atoms with E-state index in [0.717, 1.165) is 11.5 Å². The second-order valence-electron chi connectivity index (χ2n) is 4.32. The van der Waals surface area contributed by atoms with Crippen LogP contribution in [0.2, 0.25) is 0 Å². The molecule has 1 unspecified atom stereocenters. The van der Waals surface area contributed by atoms with Gasteiger partial charge in [0.15, 0.2) is 11.7 Å². The Morgan fingerprint density at radius 2 is 2.24 bits per heavy atom. The zero-order chi connectivity index (χ0) is 15.2. The fourth-order valence-corrected chi connectivity index (χ4v) is 1.81. The Morgan fingerprint density at radius 1 is 1.43 bits per heavy atom. The molecule has 0 saturated carbocycles. The van der Waals surface area contributed by atoms with Crippen molar-refractivity contribution in [1.29, 1.82) is 0 Å². The highest BCUT2D eigenvalue weighted by molar-refractivity contribution is 6.01. The standard InChI is InChI=1S/C13H17N5O3/c1-2-21-13(20)11(14)12(19)15-7-6-10-17-16-9-5-3-4-8-18(9)10/h3-5,8,11H,2,6-7,14H2,1H3,(H,15,19). The van der Waals surface area contributed by atoms with Gasteiger partial charge in [0.05, 0.1) is 6.61 Å². The molecule has 0 aliphatic heterocycles. The van der Waals surface area contributed by atoms with E-state index in [1.165, 1.54) is 0 Å². The highest BCUT2D eigenvalue weighted by Crippen LogP contribution is 2.02. The van der Waals surface area contributed by atoms with Crippen molar-refractivity contribution in [3.8, 4) is 0 Å². The number of amides is 1. The van der Waals surface area contributed by atoms with Gasteiger partial charge < -0.3 is 15.8 Å². The molecule has 0 aromatic carbocycles. The zero-order valence-electron chi connectivity index (χ0n) is 11.7. The third-order valence-corrected chi connectivity index (χ3v) is 2.86. The number of nitrogens with two attached hydrogens (primary N) is 1. The van der Waals surface area contributed by atoms with Gasteiger partial charge in [0.2, 0.25) is 5.91 Å². The first-order valence-corrected chi connectivity index (χ1v) is 6.62. The number of pyridine rings is 1. The van der Waals surface area contributed by atoms with Crippen LogP contribution in [-0.2, 0) is 20.7 Å². The average Bonchev–Trinajstić information content (AvgIpc) is 2.90. The number of carbonyl (C=O) groups excluding carboxylic acids is 2. The lowest BCUT2D eigenvalue weighted by Gasteiger charge is -2.10. The van der Waals surface area contributed by atoms with E-state index in [9.17, 15) is 9.59 Å². The quantitative estimate of drug-likeness (QED) is 0.536. The monoisotopic (exact) mass is 291 g/mol. The van der Waals surface area contributed by atoms with Crippen LogP contribution in [0.25, 0.3) is 5.65 Å². The summed E-state index contributed by atoms with van der Waals surface area (Å²) in [7, 11) is 0. The lowest BCUT2D eigenvalue weighted by Crippen LogP contribution is -2.47. The van der Waals surface area contributed by atoms with Crippen LogP contribution in [0.4, 0.5) is 0 Å². The Hall–Kier alpha value is -2.48. The van der Waals surface area contributed by atoms with Gasteiger partial charge in [-0.15, -0.1) is 10.2 Å². The smallest absolute Gasteiger partial charge is 0.332 e. The Kier molecular flexibility index (Phi) is 4.83. The summed E-state index contributed by atoms with van der Waals surface area (Å²) in [4.78, 5) is 23.0. The predicted molar refractivity (Wildman–Crippen MR) is 74.3 cm³/mol. The summed E-state index contributed by atoms with van der Waals surface area (Å²) in [6.07, 6.45) is 2.32. The molecule has 0 bridgehead atoms. The van der Waals surface area contributed by atoms with Crippen molar-refractivity contribution in [2.45, 2.75) is 19.4 Å². The molecule has 2 aromatic rings. The molecule has 0 spiro atoms. The fraction of sp³-hybridized carbons (Fsp3) is 0.385. The van der Waals surface area contributed by atoms with E-state index in [-0.39, 0.29) is 6.61 Å². The van der Waals surface area contributed by atoms with Crippen molar-refractivity contribution in [3.63, 3.8) is 0 Å². The van der Waals surface area contributed by atoms with Crippen molar-refractivity contribution >= 4 is 17.5 Å². The molecule has 1 amide bonds. The van der Waals surface area contributed by atoms with Crippen LogP contribution >= 0.6 is 0 Å². The molecule has 0 aliphatic carbocycles.